The van der Waals surface area contributed by atoms with Crippen molar-refractivity contribution in [3.05, 3.63) is 44.0 Å². The number of carbonyl (C=O) groups excluding carboxylic acids is 2. The van der Waals surface area contributed by atoms with Gasteiger partial charge in [0.15, 0.2) is 5.78 Å². The monoisotopic (exact) mass is 312 g/mol. The highest BCUT2D eigenvalue weighted by Crippen LogP contribution is 2.29. The maximum absolute atomic E-state index is 14.0. The van der Waals surface area contributed by atoms with Gasteiger partial charge in [-0.05, 0) is 6.07 Å². The van der Waals surface area contributed by atoms with Crippen LogP contribution in [-0.4, -0.2) is 27.6 Å². The smallest absolute Gasteiger partial charge is 0.295 e. The molecule has 0 radical (unpaired) electrons. The summed E-state index contributed by atoms with van der Waals surface area (Å²) in [5.74, 6) is -2.24. The van der Waals surface area contributed by atoms with Crippen molar-refractivity contribution in [3.63, 3.8) is 0 Å². The molecule has 1 rings (SSSR count). The van der Waals surface area contributed by atoms with E-state index in [0.717, 1.165) is 12.1 Å². The normalized spacial score (nSPS) is 12.5. The lowest BCUT2D eigenvalue weighted by molar-refractivity contribution is -0.422. The molecule has 0 fully saturated rings. The molecule has 0 aliphatic heterocycles. The van der Waals surface area contributed by atoms with Crippen LogP contribution in [0, 0.1) is 25.6 Å². The number of rotatable bonds is 5. The highest BCUT2D eigenvalue weighted by Gasteiger charge is 2.36. The lowest BCUT2D eigenvalue weighted by atomic mass is 9.86. The van der Waals surface area contributed by atoms with Crippen molar-refractivity contribution in [1.29, 1.82) is 0 Å². The molecule has 0 aliphatic carbocycles. The minimum Gasteiger partial charge on any atom is -0.295 e. The second kappa shape index (κ2) is 5.96. The molecular formula is C13H13FN2O6. The Morgan fingerprint density at radius 1 is 1.09 bits per heavy atom. The molecule has 1 aromatic carbocycles. The lowest BCUT2D eigenvalue weighted by Gasteiger charge is -2.18. The third-order valence-electron chi connectivity index (χ3n) is 2.85. The zero-order valence-electron chi connectivity index (χ0n) is 12.0. The van der Waals surface area contributed by atoms with Crippen molar-refractivity contribution in [2.24, 2.45) is 5.41 Å². The second-order valence-electron chi connectivity index (χ2n) is 5.56. The predicted octanol–water partition coefficient (Wildman–Crippen LogP) is 2.64. The van der Waals surface area contributed by atoms with Gasteiger partial charge < -0.3 is 0 Å². The Morgan fingerprint density at radius 3 is 2.00 bits per heavy atom. The standard InChI is InChI=1S/C13H13FN2O6/c1-13(2,3)12(18)10(14)11(17)7-4-5-8(15(19)20)9(6-7)16(21)22/h4-6,10H,1-3H3. The molecule has 1 unspecified atom stereocenters. The number of nitro benzene ring substituents is 2. The maximum Gasteiger partial charge on any atom is 0.346 e. The van der Waals surface area contributed by atoms with Gasteiger partial charge in [0.25, 0.3) is 0 Å². The minimum absolute atomic E-state index is 0.470. The zero-order valence-corrected chi connectivity index (χ0v) is 12.0. The van der Waals surface area contributed by atoms with Gasteiger partial charge in [-0.3, -0.25) is 29.8 Å². The quantitative estimate of drug-likeness (QED) is 0.356. The fourth-order valence-corrected chi connectivity index (χ4v) is 1.62. The average molecular weight is 312 g/mol. The number of halogens is 1. The van der Waals surface area contributed by atoms with E-state index in [9.17, 15) is 34.2 Å². The van der Waals surface area contributed by atoms with E-state index in [1.165, 1.54) is 20.8 Å². The summed E-state index contributed by atoms with van der Waals surface area (Å²) in [7, 11) is 0. The fourth-order valence-electron chi connectivity index (χ4n) is 1.62. The van der Waals surface area contributed by atoms with E-state index in [4.69, 9.17) is 0 Å². The Morgan fingerprint density at radius 2 is 1.59 bits per heavy atom. The van der Waals surface area contributed by atoms with Crippen LogP contribution in [0.5, 0.6) is 0 Å². The largest absolute Gasteiger partial charge is 0.346 e. The van der Waals surface area contributed by atoms with Crippen molar-refractivity contribution in [2.45, 2.75) is 26.9 Å². The van der Waals surface area contributed by atoms with Crippen molar-refractivity contribution >= 4 is 22.9 Å². The van der Waals surface area contributed by atoms with Gasteiger partial charge in [-0.1, -0.05) is 20.8 Å². The van der Waals surface area contributed by atoms with Crippen molar-refractivity contribution < 1.29 is 23.8 Å². The number of ketones is 2. The number of benzene rings is 1. The molecule has 9 heteroatoms. The van der Waals surface area contributed by atoms with Gasteiger partial charge in [0.05, 0.1) is 9.85 Å². The summed E-state index contributed by atoms with van der Waals surface area (Å²) in [6.45, 7) is 4.27. The van der Waals surface area contributed by atoms with Crippen LogP contribution in [0.1, 0.15) is 31.1 Å². The molecule has 8 nitrogen and oxygen atoms in total. The van der Waals surface area contributed by atoms with E-state index in [1.54, 1.807) is 0 Å². The molecule has 0 saturated heterocycles. The molecule has 1 atom stereocenters. The summed E-state index contributed by atoms with van der Waals surface area (Å²) in [6.07, 6.45) is -2.49. The van der Waals surface area contributed by atoms with Crippen LogP contribution in [0.15, 0.2) is 18.2 Å². The molecule has 0 spiro atoms. The zero-order chi connectivity index (χ0) is 17.2. The summed E-state index contributed by atoms with van der Waals surface area (Å²) in [5.41, 5.74) is -3.34. The molecule has 0 saturated carbocycles. The van der Waals surface area contributed by atoms with Gasteiger partial charge in [0, 0.05) is 23.1 Å². The number of nitrogens with zero attached hydrogens (tertiary/aromatic N) is 2. The van der Waals surface area contributed by atoms with E-state index < -0.39 is 49.9 Å². The number of Topliss-reactive ketones (excluding diaryl/α,β-unsaturated/α-hetero) is 2. The number of alkyl halides is 1. The molecule has 1 aromatic rings. The highest BCUT2D eigenvalue weighted by molar-refractivity contribution is 6.14. The molecule has 118 valence electrons. The van der Waals surface area contributed by atoms with Gasteiger partial charge >= 0.3 is 11.4 Å². The predicted molar refractivity (Wildman–Crippen MR) is 73.4 cm³/mol. The first-order chi connectivity index (χ1) is 9.96. The number of hydrogen-bond acceptors (Lipinski definition) is 6. The van der Waals surface area contributed by atoms with Gasteiger partial charge in [-0.2, -0.15) is 0 Å². The first-order valence-corrected chi connectivity index (χ1v) is 6.12. The average Bonchev–Trinajstić information content (AvgIpc) is 2.42. The molecule has 0 heterocycles. The van der Waals surface area contributed by atoms with Gasteiger partial charge in [0.2, 0.25) is 12.0 Å². The van der Waals surface area contributed by atoms with Crippen molar-refractivity contribution in [2.75, 3.05) is 0 Å². The molecule has 0 bridgehead atoms. The molecule has 22 heavy (non-hydrogen) atoms. The van der Waals surface area contributed by atoms with E-state index >= 15 is 0 Å². The van der Waals surface area contributed by atoms with E-state index in [0.29, 0.717) is 6.07 Å². The van der Waals surface area contributed by atoms with Crippen LogP contribution in [0.4, 0.5) is 15.8 Å². The van der Waals surface area contributed by atoms with E-state index in [2.05, 4.69) is 0 Å². The van der Waals surface area contributed by atoms with Crippen LogP contribution in [0.25, 0.3) is 0 Å². The van der Waals surface area contributed by atoms with E-state index in [1.807, 2.05) is 0 Å². The first-order valence-electron chi connectivity index (χ1n) is 6.12. The fraction of sp³-hybridized carbons (Fsp3) is 0.385. The van der Waals surface area contributed by atoms with Crippen LogP contribution in [0.3, 0.4) is 0 Å². The number of hydrogen-bond donors (Lipinski definition) is 0. The van der Waals surface area contributed by atoms with Gasteiger partial charge in [-0.25, -0.2) is 4.39 Å². The summed E-state index contributed by atoms with van der Waals surface area (Å²) in [5, 5.41) is 21.5. The topological polar surface area (TPSA) is 120 Å². The maximum atomic E-state index is 14.0. The van der Waals surface area contributed by atoms with E-state index in [-0.39, 0.29) is 0 Å². The Kier molecular flexibility index (Phi) is 4.70. The van der Waals surface area contributed by atoms with Crippen molar-refractivity contribution in [1.82, 2.24) is 0 Å². The molecule has 0 aliphatic rings. The summed E-state index contributed by atoms with van der Waals surface area (Å²) in [4.78, 5) is 43.1. The second-order valence-corrected chi connectivity index (χ2v) is 5.56. The Bertz CT molecular complexity index is 665. The van der Waals surface area contributed by atoms with Gasteiger partial charge in [0.1, 0.15) is 0 Å². The van der Waals surface area contributed by atoms with Crippen LogP contribution < -0.4 is 0 Å². The SMILES string of the molecule is CC(C)(C)C(=O)C(F)C(=O)c1ccc([N+](=O)[O-])c([N+](=O)[O-])c1. The number of carbonyl (C=O) groups is 2. The molecular weight excluding hydrogens is 299 g/mol. The Labute approximate surface area is 124 Å². The first kappa shape index (κ1) is 17.3. The summed E-state index contributed by atoms with van der Waals surface area (Å²) in [6, 6.07) is 2.22. The Hall–Kier alpha value is -2.71. The minimum atomic E-state index is -2.49. The van der Waals surface area contributed by atoms with Crippen LogP contribution in [0.2, 0.25) is 0 Å². The van der Waals surface area contributed by atoms with Gasteiger partial charge in [-0.15, -0.1) is 0 Å². The molecule has 0 amide bonds. The molecule has 0 aromatic heterocycles. The molecule has 0 N–H and O–H groups in total. The summed E-state index contributed by atoms with van der Waals surface area (Å²) >= 11 is 0. The Balaban J connectivity index is 3.26. The number of nitro groups is 2. The third-order valence-corrected chi connectivity index (χ3v) is 2.85. The van der Waals surface area contributed by atoms with Crippen LogP contribution >= 0.6 is 0 Å². The van der Waals surface area contributed by atoms with Crippen molar-refractivity contribution in [3.8, 4) is 0 Å². The summed E-state index contributed by atoms with van der Waals surface area (Å²) < 4.78 is 14.0. The lowest BCUT2D eigenvalue weighted by Crippen LogP contribution is -2.35. The highest BCUT2D eigenvalue weighted by atomic mass is 19.1. The third kappa shape index (κ3) is 3.48. The van der Waals surface area contributed by atoms with Crippen LogP contribution in [-0.2, 0) is 4.79 Å².